The Morgan fingerprint density at radius 1 is 1.43 bits per heavy atom. The number of hydrogen-bond acceptors (Lipinski definition) is 5. The van der Waals surface area contributed by atoms with Gasteiger partial charge in [-0.05, 0) is 39.3 Å². The largest absolute Gasteiger partial charge is 0.444 e. The van der Waals surface area contributed by atoms with Gasteiger partial charge in [0.2, 0.25) is 0 Å². The number of carbonyl (C=O) groups excluding carboxylic acids is 1. The maximum absolute atomic E-state index is 12.7. The second kappa shape index (κ2) is 7.33. The molecule has 0 aliphatic rings. The highest BCUT2D eigenvalue weighted by atomic mass is 19.1. The number of nitrogens with one attached hydrogen (secondary N) is 1. The highest BCUT2D eigenvalue weighted by molar-refractivity contribution is 5.67. The van der Waals surface area contributed by atoms with E-state index in [9.17, 15) is 19.4 Å². The molecule has 1 amide bonds. The van der Waals surface area contributed by atoms with Crippen molar-refractivity contribution in [2.75, 3.05) is 6.54 Å². The molecule has 2 unspecified atom stereocenters. The fourth-order valence-electron chi connectivity index (χ4n) is 1.55. The second-order valence-electron chi connectivity index (χ2n) is 5.63. The molecule has 0 saturated heterocycles. The van der Waals surface area contributed by atoms with Crippen LogP contribution in [0.2, 0.25) is 0 Å². The van der Waals surface area contributed by atoms with Gasteiger partial charge in [0.05, 0.1) is 18.0 Å². The zero-order valence-electron chi connectivity index (χ0n) is 12.3. The third-order valence-electron chi connectivity index (χ3n) is 2.53. The summed E-state index contributed by atoms with van der Waals surface area (Å²) < 4.78 is 17.7. The fourth-order valence-corrected chi connectivity index (χ4v) is 1.55. The number of pyridine rings is 1. The molecule has 2 atom stereocenters. The van der Waals surface area contributed by atoms with Crippen molar-refractivity contribution >= 4 is 6.09 Å². The van der Waals surface area contributed by atoms with E-state index in [0.717, 1.165) is 12.3 Å². The van der Waals surface area contributed by atoms with Gasteiger partial charge in [-0.2, -0.15) is 0 Å². The predicted molar refractivity (Wildman–Crippen MR) is 74.0 cm³/mol. The van der Waals surface area contributed by atoms with Gasteiger partial charge < -0.3 is 20.3 Å². The van der Waals surface area contributed by atoms with E-state index in [4.69, 9.17) is 4.74 Å². The van der Waals surface area contributed by atoms with Crippen molar-refractivity contribution in [2.45, 2.75) is 45.0 Å². The number of halogens is 1. The van der Waals surface area contributed by atoms with Crippen LogP contribution in [0.1, 0.15) is 39.0 Å². The highest BCUT2D eigenvalue weighted by Gasteiger charge is 2.20. The predicted octanol–water partition coefficient (Wildman–Crippen LogP) is 1.53. The number of aromatic nitrogens is 1. The quantitative estimate of drug-likeness (QED) is 0.767. The molecule has 118 valence electrons. The van der Waals surface area contributed by atoms with Gasteiger partial charge in [-0.3, -0.25) is 4.98 Å². The summed E-state index contributed by atoms with van der Waals surface area (Å²) in [6, 6.07) is 2.45. The summed E-state index contributed by atoms with van der Waals surface area (Å²) in [5, 5.41) is 22.1. The maximum atomic E-state index is 12.7. The van der Waals surface area contributed by atoms with Gasteiger partial charge in [-0.15, -0.1) is 0 Å². The monoisotopic (exact) mass is 300 g/mol. The first-order valence-electron chi connectivity index (χ1n) is 6.63. The SMILES string of the molecule is CC(C)(C)OC(=O)NCCC(O)C(O)c1ccc(F)cn1. The molecule has 21 heavy (non-hydrogen) atoms. The lowest BCUT2D eigenvalue weighted by atomic mass is 10.1. The molecule has 6 nitrogen and oxygen atoms in total. The van der Waals surface area contributed by atoms with Crippen molar-refractivity contribution in [1.82, 2.24) is 10.3 Å². The normalized spacial score (nSPS) is 14.4. The number of aliphatic hydroxyl groups is 2. The van der Waals surface area contributed by atoms with E-state index in [1.807, 2.05) is 0 Å². The summed E-state index contributed by atoms with van der Waals surface area (Å²) in [7, 11) is 0. The standard InChI is InChI=1S/C14H21FN2O4/c1-14(2,3)21-13(20)16-7-6-11(18)12(19)10-5-4-9(15)8-17-10/h4-5,8,11-12,18-19H,6-7H2,1-3H3,(H,16,20). The summed E-state index contributed by atoms with van der Waals surface area (Å²) in [4.78, 5) is 15.1. The molecule has 0 bridgehead atoms. The van der Waals surface area contributed by atoms with Gasteiger partial charge in [0.15, 0.2) is 0 Å². The smallest absolute Gasteiger partial charge is 0.407 e. The van der Waals surface area contributed by atoms with Gasteiger partial charge in [0.25, 0.3) is 0 Å². The molecule has 0 aliphatic heterocycles. The van der Waals surface area contributed by atoms with Crippen molar-refractivity contribution in [3.63, 3.8) is 0 Å². The molecule has 0 aliphatic carbocycles. The van der Waals surface area contributed by atoms with Crippen molar-refractivity contribution in [3.8, 4) is 0 Å². The minimum absolute atomic E-state index is 0.111. The lowest BCUT2D eigenvalue weighted by Crippen LogP contribution is -2.34. The summed E-state index contributed by atoms with van der Waals surface area (Å²) in [6.07, 6.45) is -1.89. The maximum Gasteiger partial charge on any atom is 0.407 e. The Labute approximate surface area is 123 Å². The Morgan fingerprint density at radius 3 is 2.62 bits per heavy atom. The number of amides is 1. The first-order chi connectivity index (χ1) is 9.69. The van der Waals surface area contributed by atoms with Crippen LogP contribution in [0, 0.1) is 5.82 Å². The number of alkyl carbamates (subject to hydrolysis) is 1. The van der Waals surface area contributed by atoms with E-state index < -0.39 is 29.7 Å². The summed E-state index contributed by atoms with van der Waals surface area (Å²) in [5.74, 6) is -0.521. The van der Waals surface area contributed by atoms with E-state index in [-0.39, 0.29) is 18.7 Å². The van der Waals surface area contributed by atoms with Gasteiger partial charge >= 0.3 is 6.09 Å². The molecular weight excluding hydrogens is 279 g/mol. The molecular formula is C14H21FN2O4. The Kier molecular flexibility index (Phi) is 6.04. The summed E-state index contributed by atoms with van der Waals surface area (Å²) >= 11 is 0. The first kappa shape index (κ1) is 17.3. The van der Waals surface area contributed by atoms with Gasteiger partial charge in [-0.1, -0.05) is 0 Å². The third-order valence-corrected chi connectivity index (χ3v) is 2.53. The average Bonchev–Trinajstić information content (AvgIpc) is 2.36. The van der Waals surface area contributed by atoms with Crippen LogP contribution in [-0.2, 0) is 4.74 Å². The van der Waals surface area contributed by atoms with Crippen molar-refractivity contribution in [2.24, 2.45) is 0 Å². The van der Waals surface area contributed by atoms with Crippen LogP contribution in [0.25, 0.3) is 0 Å². The second-order valence-corrected chi connectivity index (χ2v) is 5.63. The third kappa shape index (κ3) is 6.50. The van der Waals surface area contributed by atoms with Gasteiger partial charge in [-0.25, -0.2) is 9.18 Å². The summed E-state index contributed by atoms with van der Waals surface area (Å²) in [5.41, 5.74) is -0.429. The van der Waals surface area contributed by atoms with Crippen LogP contribution in [0.3, 0.4) is 0 Å². The molecule has 0 fully saturated rings. The lowest BCUT2D eigenvalue weighted by Gasteiger charge is -2.21. The molecule has 0 radical (unpaired) electrons. The lowest BCUT2D eigenvalue weighted by molar-refractivity contribution is 0.00987. The molecule has 0 saturated carbocycles. The molecule has 1 rings (SSSR count). The molecule has 0 spiro atoms. The Hall–Kier alpha value is -1.73. The van der Waals surface area contributed by atoms with Crippen molar-refractivity contribution in [3.05, 3.63) is 29.8 Å². The number of carbonyl (C=O) groups is 1. The molecule has 1 aromatic rings. The zero-order chi connectivity index (χ0) is 16.0. The van der Waals surface area contributed by atoms with Crippen molar-refractivity contribution in [1.29, 1.82) is 0 Å². The molecule has 7 heteroatoms. The number of ether oxygens (including phenoxy) is 1. The Balaban J connectivity index is 2.38. The van der Waals surface area contributed by atoms with Crippen LogP contribution in [0.4, 0.5) is 9.18 Å². The first-order valence-corrected chi connectivity index (χ1v) is 6.63. The Morgan fingerprint density at radius 2 is 2.10 bits per heavy atom. The molecule has 1 aromatic heterocycles. The van der Waals surface area contributed by atoms with Crippen LogP contribution in [0.5, 0.6) is 0 Å². The van der Waals surface area contributed by atoms with Gasteiger partial charge in [0, 0.05) is 6.54 Å². The number of aliphatic hydroxyl groups excluding tert-OH is 2. The van der Waals surface area contributed by atoms with Gasteiger partial charge in [0.1, 0.15) is 17.5 Å². The minimum atomic E-state index is -1.24. The van der Waals surface area contributed by atoms with E-state index in [0.29, 0.717) is 0 Å². The summed E-state index contributed by atoms with van der Waals surface area (Å²) in [6.45, 7) is 5.36. The number of nitrogens with zero attached hydrogens (tertiary/aromatic N) is 1. The number of hydrogen-bond donors (Lipinski definition) is 3. The van der Waals surface area contributed by atoms with Crippen LogP contribution in [-0.4, -0.2) is 39.5 Å². The molecule has 0 aromatic carbocycles. The molecule has 3 N–H and O–H groups in total. The minimum Gasteiger partial charge on any atom is -0.444 e. The van der Waals surface area contributed by atoms with Crippen molar-refractivity contribution < 1.29 is 24.1 Å². The van der Waals surface area contributed by atoms with Crippen LogP contribution < -0.4 is 5.32 Å². The van der Waals surface area contributed by atoms with E-state index in [1.54, 1.807) is 20.8 Å². The average molecular weight is 300 g/mol. The highest BCUT2D eigenvalue weighted by Crippen LogP contribution is 2.16. The topological polar surface area (TPSA) is 91.7 Å². The van der Waals surface area contributed by atoms with Crippen LogP contribution >= 0.6 is 0 Å². The van der Waals surface area contributed by atoms with E-state index >= 15 is 0 Å². The fraction of sp³-hybridized carbons (Fsp3) is 0.571. The van der Waals surface area contributed by atoms with E-state index in [1.165, 1.54) is 6.07 Å². The number of rotatable bonds is 5. The van der Waals surface area contributed by atoms with Crippen LogP contribution in [0.15, 0.2) is 18.3 Å². The zero-order valence-corrected chi connectivity index (χ0v) is 12.3. The molecule has 1 heterocycles. The van der Waals surface area contributed by atoms with E-state index in [2.05, 4.69) is 10.3 Å². The Bertz CT molecular complexity index is 459.